The van der Waals surface area contributed by atoms with Crippen molar-refractivity contribution in [2.45, 2.75) is 30.2 Å². The molecule has 2 rings (SSSR count). The van der Waals surface area contributed by atoms with Crippen LogP contribution in [-0.4, -0.2) is 38.2 Å². The number of hydrogen-bond donors (Lipinski definition) is 2. The van der Waals surface area contributed by atoms with Gasteiger partial charge in [-0.3, -0.25) is 0 Å². The van der Waals surface area contributed by atoms with E-state index in [0.29, 0.717) is 30.5 Å². The number of carbonyl (C=O) groups is 1. The summed E-state index contributed by atoms with van der Waals surface area (Å²) in [5.41, 5.74) is -0.661. The quantitative estimate of drug-likeness (QED) is 0.836. The first-order valence-corrected chi connectivity index (χ1v) is 8.66. The topological polar surface area (TPSA) is 92.7 Å². The summed E-state index contributed by atoms with van der Waals surface area (Å²) in [6.07, 6.45) is 1.14. The highest BCUT2D eigenvalue weighted by atomic mass is 79.9. The van der Waals surface area contributed by atoms with Gasteiger partial charge < -0.3 is 9.84 Å². The van der Waals surface area contributed by atoms with Crippen LogP contribution in [0.15, 0.2) is 27.6 Å². The van der Waals surface area contributed by atoms with E-state index >= 15 is 0 Å². The molecule has 1 aliphatic heterocycles. The fraction of sp³-hybridized carbons (Fsp3) is 0.462. The van der Waals surface area contributed by atoms with Gasteiger partial charge in [0, 0.05) is 23.2 Å². The lowest BCUT2D eigenvalue weighted by atomic mass is 9.94. The van der Waals surface area contributed by atoms with Gasteiger partial charge >= 0.3 is 5.97 Å². The van der Waals surface area contributed by atoms with Crippen LogP contribution >= 0.6 is 15.9 Å². The lowest BCUT2D eigenvalue weighted by Gasteiger charge is -2.34. The number of hydrogen-bond acceptors (Lipinski definition) is 4. The summed E-state index contributed by atoms with van der Waals surface area (Å²) in [6, 6.07) is 3.92. The number of rotatable bonds is 4. The number of aromatic carboxylic acids is 1. The third-order valence-electron chi connectivity index (χ3n) is 3.44. The van der Waals surface area contributed by atoms with Gasteiger partial charge in [0.25, 0.3) is 0 Å². The van der Waals surface area contributed by atoms with Crippen molar-refractivity contribution in [1.29, 1.82) is 0 Å². The molecule has 21 heavy (non-hydrogen) atoms. The fourth-order valence-electron chi connectivity index (χ4n) is 2.15. The van der Waals surface area contributed by atoms with Crippen molar-refractivity contribution in [2.75, 3.05) is 13.2 Å². The summed E-state index contributed by atoms with van der Waals surface area (Å²) in [5, 5.41) is 8.99. The van der Waals surface area contributed by atoms with E-state index in [1.807, 2.05) is 6.92 Å². The van der Waals surface area contributed by atoms with Gasteiger partial charge in [0.05, 0.1) is 10.5 Å². The van der Waals surface area contributed by atoms with E-state index in [9.17, 15) is 13.2 Å². The van der Waals surface area contributed by atoms with Gasteiger partial charge in [-0.2, -0.15) is 0 Å². The predicted molar refractivity (Wildman–Crippen MR) is 79.9 cm³/mol. The van der Waals surface area contributed by atoms with Crippen LogP contribution in [0.3, 0.4) is 0 Å². The summed E-state index contributed by atoms with van der Waals surface area (Å²) in [7, 11) is -3.82. The first kappa shape index (κ1) is 16.4. The smallest absolute Gasteiger partial charge is 0.335 e. The van der Waals surface area contributed by atoms with E-state index < -0.39 is 21.5 Å². The third-order valence-corrected chi connectivity index (χ3v) is 6.08. The van der Waals surface area contributed by atoms with E-state index in [-0.39, 0.29) is 10.5 Å². The maximum atomic E-state index is 12.5. The van der Waals surface area contributed by atoms with Gasteiger partial charge in [-0.1, -0.05) is 0 Å². The molecule has 0 radical (unpaired) electrons. The molecule has 0 atom stereocenters. The molecule has 1 fully saturated rings. The summed E-state index contributed by atoms with van der Waals surface area (Å²) < 4.78 is 33.3. The molecule has 0 saturated carbocycles. The van der Waals surface area contributed by atoms with Gasteiger partial charge in [0.2, 0.25) is 10.0 Å². The van der Waals surface area contributed by atoms with E-state index in [2.05, 4.69) is 20.7 Å². The zero-order chi connectivity index (χ0) is 15.7. The van der Waals surface area contributed by atoms with Gasteiger partial charge in [-0.05, 0) is 53.9 Å². The van der Waals surface area contributed by atoms with Gasteiger partial charge in [0.15, 0.2) is 0 Å². The van der Waals surface area contributed by atoms with Crippen molar-refractivity contribution in [1.82, 2.24) is 4.72 Å². The molecule has 0 aliphatic carbocycles. The van der Waals surface area contributed by atoms with Crippen LogP contribution in [0.2, 0.25) is 0 Å². The first-order chi connectivity index (χ1) is 9.73. The molecule has 0 spiro atoms. The molecular formula is C13H16BrNO5S. The van der Waals surface area contributed by atoms with Crippen LogP contribution in [-0.2, 0) is 14.8 Å². The Kier molecular flexibility index (Phi) is 4.72. The molecule has 0 amide bonds. The zero-order valence-electron chi connectivity index (χ0n) is 11.4. The Labute approximate surface area is 131 Å². The number of carboxylic acid groups (broad SMARTS) is 1. The Bertz CT molecular complexity index is 653. The molecule has 1 aromatic carbocycles. The van der Waals surface area contributed by atoms with Crippen LogP contribution in [0.1, 0.15) is 30.1 Å². The van der Waals surface area contributed by atoms with E-state index in [0.717, 1.165) is 6.07 Å². The van der Waals surface area contributed by atoms with Gasteiger partial charge in [-0.15, -0.1) is 0 Å². The number of sulfonamides is 1. The predicted octanol–water partition coefficient (Wildman–Crippen LogP) is 1.99. The first-order valence-electron chi connectivity index (χ1n) is 6.38. The van der Waals surface area contributed by atoms with Crippen LogP contribution in [0.5, 0.6) is 0 Å². The van der Waals surface area contributed by atoms with Crippen molar-refractivity contribution in [3.63, 3.8) is 0 Å². The summed E-state index contributed by atoms with van der Waals surface area (Å²) in [4.78, 5) is 10.9. The molecule has 6 nitrogen and oxygen atoms in total. The monoisotopic (exact) mass is 377 g/mol. The lowest BCUT2D eigenvalue weighted by molar-refractivity contribution is 0.0537. The van der Waals surface area contributed by atoms with E-state index in [4.69, 9.17) is 9.84 Å². The maximum absolute atomic E-state index is 12.5. The highest BCUT2D eigenvalue weighted by Gasteiger charge is 2.33. The molecule has 1 saturated heterocycles. The lowest BCUT2D eigenvalue weighted by Crippen LogP contribution is -2.49. The molecule has 1 aliphatic rings. The zero-order valence-corrected chi connectivity index (χ0v) is 13.8. The van der Waals surface area contributed by atoms with Crippen LogP contribution < -0.4 is 4.72 Å². The fourth-order valence-corrected chi connectivity index (χ4v) is 4.60. The minimum Gasteiger partial charge on any atom is -0.478 e. The van der Waals surface area contributed by atoms with Crippen molar-refractivity contribution >= 4 is 31.9 Å². The Hall–Kier alpha value is -0.960. The molecule has 116 valence electrons. The minimum atomic E-state index is -3.82. The summed E-state index contributed by atoms with van der Waals surface area (Å²) >= 11 is 3.16. The number of benzene rings is 1. The van der Waals surface area contributed by atoms with Gasteiger partial charge in [0.1, 0.15) is 0 Å². The summed E-state index contributed by atoms with van der Waals surface area (Å²) in [5.74, 6) is -1.17. The van der Waals surface area contributed by atoms with Crippen molar-refractivity contribution < 1.29 is 23.1 Å². The van der Waals surface area contributed by atoms with Gasteiger partial charge in [-0.25, -0.2) is 17.9 Å². The van der Waals surface area contributed by atoms with Crippen LogP contribution in [0.25, 0.3) is 0 Å². The van der Waals surface area contributed by atoms with E-state index in [1.165, 1.54) is 12.1 Å². The third kappa shape index (κ3) is 3.82. The molecule has 1 aromatic rings. The van der Waals surface area contributed by atoms with Crippen molar-refractivity contribution in [2.24, 2.45) is 0 Å². The second-order valence-electron chi connectivity index (χ2n) is 5.23. The number of ether oxygens (including phenoxy) is 1. The van der Waals surface area contributed by atoms with Crippen molar-refractivity contribution in [3.8, 4) is 0 Å². The second kappa shape index (κ2) is 6.04. The normalized spacial score (nSPS) is 18.4. The van der Waals surface area contributed by atoms with E-state index in [1.54, 1.807) is 0 Å². The highest BCUT2D eigenvalue weighted by Crippen LogP contribution is 2.27. The van der Waals surface area contributed by atoms with Crippen LogP contribution in [0, 0.1) is 0 Å². The highest BCUT2D eigenvalue weighted by molar-refractivity contribution is 9.10. The Morgan fingerprint density at radius 1 is 1.38 bits per heavy atom. The molecule has 0 aromatic heterocycles. The molecule has 0 unspecified atom stereocenters. The average Bonchev–Trinajstić information content (AvgIpc) is 2.38. The Morgan fingerprint density at radius 3 is 2.57 bits per heavy atom. The SMILES string of the molecule is CC1(NS(=O)(=O)c2cc(C(=O)O)ccc2Br)CCOCC1. The molecular weight excluding hydrogens is 362 g/mol. The molecule has 0 bridgehead atoms. The second-order valence-corrected chi connectivity index (χ2v) is 7.73. The summed E-state index contributed by atoms with van der Waals surface area (Å²) in [6.45, 7) is 2.81. The maximum Gasteiger partial charge on any atom is 0.335 e. The Balaban J connectivity index is 2.35. The largest absolute Gasteiger partial charge is 0.478 e. The molecule has 8 heteroatoms. The number of carboxylic acids is 1. The van der Waals surface area contributed by atoms with Crippen molar-refractivity contribution in [3.05, 3.63) is 28.2 Å². The minimum absolute atomic E-state index is 0.0734. The molecule has 1 heterocycles. The Morgan fingerprint density at radius 2 is 2.00 bits per heavy atom. The number of halogens is 1. The number of nitrogens with one attached hydrogen (secondary N) is 1. The van der Waals surface area contributed by atoms with Crippen LogP contribution in [0.4, 0.5) is 0 Å². The standard InChI is InChI=1S/C13H16BrNO5S/c1-13(4-6-20-7-5-13)15-21(18,19)11-8-9(12(16)17)2-3-10(11)14/h2-3,8,15H,4-7H2,1H3,(H,16,17). The molecule has 2 N–H and O–H groups in total. The average molecular weight is 378 g/mol.